The standard InChI is InChI=1S/C20H17ClN6O/c21-14-7-4-8-15(9-14)25-18-16-10-17(26-19(16)23-12-22-18)20(28)27-24-11-13-5-2-1-3-6-13/h1-10,12,24H,11H2,(H,27,28)(H2,22,23,25,26). The first-order chi connectivity index (χ1) is 13.7. The minimum absolute atomic E-state index is 0.289. The number of amides is 1. The lowest BCUT2D eigenvalue weighted by Crippen LogP contribution is -2.36. The van der Waals surface area contributed by atoms with Crippen molar-refractivity contribution in [2.24, 2.45) is 0 Å². The maximum absolute atomic E-state index is 12.4. The van der Waals surface area contributed by atoms with Gasteiger partial charge in [-0.05, 0) is 29.8 Å². The fourth-order valence-electron chi connectivity index (χ4n) is 2.75. The second-order valence-electron chi connectivity index (χ2n) is 6.10. The van der Waals surface area contributed by atoms with Crippen molar-refractivity contribution in [3.63, 3.8) is 0 Å². The van der Waals surface area contributed by atoms with E-state index in [1.54, 1.807) is 18.2 Å². The van der Waals surface area contributed by atoms with Crippen molar-refractivity contribution in [2.75, 3.05) is 5.32 Å². The third kappa shape index (κ3) is 4.11. The summed E-state index contributed by atoms with van der Waals surface area (Å²) in [7, 11) is 0. The van der Waals surface area contributed by atoms with Crippen LogP contribution in [0.2, 0.25) is 5.02 Å². The van der Waals surface area contributed by atoms with Gasteiger partial charge in [-0.15, -0.1) is 0 Å². The predicted molar refractivity (Wildman–Crippen MR) is 109 cm³/mol. The van der Waals surface area contributed by atoms with E-state index in [0.717, 1.165) is 11.3 Å². The largest absolute Gasteiger partial charge is 0.340 e. The Morgan fingerprint density at radius 3 is 2.71 bits per heavy atom. The molecule has 0 unspecified atom stereocenters. The molecule has 8 heteroatoms. The van der Waals surface area contributed by atoms with Gasteiger partial charge in [-0.2, -0.15) is 0 Å². The van der Waals surface area contributed by atoms with E-state index in [0.29, 0.717) is 34.1 Å². The number of H-pyrrole nitrogens is 1. The van der Waals surface area contributed by atoms with Crippen LogP contribution in [0.15, 0.2) is 67.0 Å². The van der Waals surface area contributed by atoms with E-state index in [1.807, 2.05) is 42.5 Å². The van der Waals surface area contributed by atoms with Crippen LogP contribution < -0.4 is 16.2 Å². The number of carbonyl (C=O) groups is 1. The molecule has 0 saturated carbocycles. The van der Waals surface area contributed by atoms with E-state index in [1.165, 1.54) is 6.33 Å². The number of hydrogen-bond donors (Lipinski definition) is 4. The quantitative estimate of drug-likeness (QED) is 0.374. The Kier molecular flexibility index (Phi) is 5.18. The van der Waals surface area contributed by atoms with Crippen molar-refractivity contribution in [3.8, 4) is 0 Å². The van der Waals surface area contributed by atoms with Crippen LogP contribution in [0.25, 0.3) is 11.0 Å². The lowest BCUT2D eigenvalue weighted by Gasteiger charge is -2.06. The number of anilines is 2. The Morgan fingerprint density at radius 2 is 1.89 bits per heavy atom. The molecule has 0 radical (unpaired) electrons. The van der Waals surface area contributed by atoms with E-state index in [-0.39, 0.29) is 5.91 Å². The molecule has 2 heterocycles. The second-order valence-corrected chi connectivity index (χ2v) is 6.53. The van der Waals surface area contributed by atoms with Gasteiger partial charge in [0.1, 0.15) is 23.5 Å². The summed E-state index contributed by atoms with van der Waals surface area (Å²) in [5, 5.41) is 4.53. The topological polar surface area (TPSA) is 94.7 Å². The molecule has 28 heavy (non-hydrogen) atoms. The average Bonchev–Trinajstić information content (AvgIpc) is 3.14. The van der Waals surface area contributed by atoms with Gasteiger partial charge in [-0.3, -0.25) is 10.2 Å². The van der Waals surface area contributed by atoms with Crippen LogP contribution in [0.4, 0.5) is 11.5 Å². The third-order valence-corrected chi connectivity index (χ3v) is 4.33. The first-order valence-corrected chi connectivity index (χ1v) is 9.00. The number of carbonyl (C=O) groups excluding carboxylic acids is 1. The number of aromatic amines is 1. The summed E-state index contributed by atoms with van der Waals surface area (Å²) < 4.78 is 0. The number of nitrogens with one attached hydrogen (secondary N) is 4. The molecular formula is C20H17ClN6O. The van der Waals surface area contributed by atoms with Gasteiger partial charge in [0.15, 0.2) is 0 Å². The zero-order valence-corrected chi connectivity index (χ0v) is 15.5. The van der Waals surface area contributed by atoms with Crippen LogP contribution in [-0.2, 0) is 6.54 Å². The Hall–Kier alpha value is -3.42. The molecule has 1 amide bonds. The monoisotopic (exact) mass is 392 g/mol. The van der Waals surface area contributed by atoms with Gasteiger partial charge in [0.25, 0.3) is 5.91 Å². The van der Waals surface area contributed by atoms with E-state index in [9.17, 15) is 4.79 Å². The number of benzene rings is 2. The third-order valence-electron chi connectivity index (χ3n) is 4.09. The summed E-state index contributed by atoms with van der Waals surface area (Å²) in [6.07, 6.45) is 1.43. The Bertz CT molecular complexity index is 1110. The average molecular weight is 393 g/mol. The minimum Gasteiger partial charge on any atom is -0.340 e. The van der Waals surface area contributed by atoms with Gasteiger partial charge in [0, 0.05) is 17.3 Å². The highest BCUT2D eigenvalue weighted by Crippen LogP contribution is 2.25. The van der Waals surface area contributed by atoms with Crippen molar-refractivity contribution in [1.82, 2.24) is 25.8 Å². The molecule has 0 aliphatic rings. The van der Waals surface area contributed by atoms with Crippen LogP contribution in [0, 0.1) is 0 Å². The molecule has 0 atom stereocenters. The fraction of sp³-hybridized carbons (Fsp3) is 0.0500. The summed E-state index contributed by atoms with van der Waals surface area (Å²) in [4.78, 5) is 23.9. The highest BCUT2D eigenvalue weighted by Gasteiger charge is 2.13. The number of hydrogen-bond acceptors (Lipinski definition) is 5. The van der Waals surface area contributed by atoms with Gasteiger partial charge < -0.3 is 10.3 Å². The van der Waals surface area contributed by atoms with Gasteiger partial charge in [-0.25, -0.2) is 15.4 Å². The summed E-state index contributed by atoms with van der Waals surface area (Å²) in [6, 6.07) is 18.8. The number of halogens is 1. The number of rotatable bonds is 6. The lowest BCUT2D eigenvalue weighted by molar-refractivity contribution is 0.0928. The fourth-order valence-corrected chi connectivity index (χ4v) is 2.94. The van der Waals surface area contributed by atoms with Crippen molar-refractivity contribution in [3.05, 3.63) is 83.3 Å². The SMILES string of the molecule is O=C(NNCc1ccccc1)c1cc2c(Nc3cccc(Cl)c3)ncnc2[nH]1. The Balaban J connectivity index is 1.48. The minimum atomic E-state index is -0.289. The van der Waals surface area contributed by atoms with Gasteiger partial charge >= 0.3 is 0 Å². The smallest absolute Gasteiger partial charge is 0.281 e. The maximum Gasteiger partial charge on any atom is 0.281 e. The highest BCUT2D eigenvalue weighted by molar-refractivity contribution is 6.30. The molecule has 2 aromatic heterocycles. The summed E-state index contributed by atoms with van der Waals surface area (Å²) in [5.41, 5.74) is 8.40. The second kappa shape index (κ2) is 8.08. The number of aromatic nitrogens is 3. The normalized spacial score (nSPS) is 10.8. The molecule has 0 fully saturated rings. The van der Waals surface area contributed by atoms with Crippen molar-refractivity contribution >= 4 is 40.0 Å². The molecule has 4 rings (SSSR count). The number of nitrogens with zero attached hydrogens (tertiary/aromatic N) is 2. The number of hydrazine groups is 1. The van der Waals surface area contributed by atoms with E-state index >= 15 is 0 Å². The molecule has 140 valence electrons. The first kappa shape index (κ1) is 18.0. The molecule has 4 aromatic rings. The highest BCUT2D eigenvalue weighted by atomic mass is 35.5. The summed E-state index contributed by atoms with van der Waals surface area (Å²) in [5.74, 6) is 0.294. The van der Waals surface area contributed by atoms with E-state index in [4.69, 9.17) is 11.6 Å². The Labute approximate surface area is 166 Å². The molecule has 7 nitrogen and oxygen atoms in total. The van der Waals surface area contributed by atoms with Crippen molar-refractivity contribution < 1.29 is 4.79 Å². The molecule has 4 N–H and O–H groups in total. The molecule has 0 aliphatic carbocycles. The first-order valence-electron chi connectivity index (χ1n) is 8.62. The zero-order chi connectivity index (χ0) is 19.3. The van der Waals surface area contributed by atoms with Crippen molar-refractivity contribution in [2.45, 2.75) is 6.54 Å². The molecule has 0 bridgehead atoms. The van der Waals surface area contributed by atoms with Crippen LogP contribution in [-0.4, -0.2) is 20.9 Å². The van der Waals surface area contributed by atoms with E-state index in [2.05, 4.69) is 31.1 Å². The molecule has 0 spiro atoms. The number of fused-ring (bicyclic) bond motifs is 1. The van der Waals surface area contributed by atoms with Gasteiger partial charge in [0.05, 0.1) is 5.39 Å². The van der Waals surface area contributed by atoms with Crippen LogP contribution in [0.1, 0.15) is 16.1 Å². The van der Waals surface area contributed by atoms with E-state index < -0.39 is 0 Å². The molecular weight excluding hydrogens is 376 g/mol. The van der Waals surface area contributed by atoms with Gasteiger partial charge in [0.2, 0.25) is 0 Å². The van der Waals surface area contributed by atoms with Crippen LogP contribution in [0.5, 0.6) is 0 Å². The zero-order valence-electron chi connectivity index (χ0n) is 14.7. The summed E-state index contributed by atoms with van der Waals surface area (Å²) in [6.45, 7) is 0.522. The predicted octanol–water partition coefficient (Wildman–Crippen LogP) is 3.79. The maximum atomic E-state index is 12.4. The summed E-state index contributed by atoms with van der Waals surface area (Å²) >= 11 is 6.03. The lowest BCUT2D eigenvalue weighted by atomic mass is 10.2. The van der Waals surface area contributed by atoms with Gasteiger partial charge in [-0.1, -0.05) is 48.0 Å². The Morgan fingerprint density at radius 1 is 1.04 bits per heavy atom. The molecule has 0 aliphatic heterocycles. The molecule has 0 saturated heterocycles. The van der Waals surface area contributed by atoms with Crippen LogP contribution in [0.3, 0.4) is 0 Å². The van der Waals surface area contributed by atoms with Crippen molar-refractivity contribution in [1.29, 1.82) is 0 Å². The molecule has 2 aromatic carbocycles. The van der Waals surface area contributed by atoms with Crippen LogP contribution >= 0.6 is 11.6 Å².